The first-order chi connectivity index (χ1) is 16.3. The summed E-state index contributed by atoms with van der Waals surface area (Å²) in [7, 11) is 0. The van der Waals surface area contributed by atoms with E-state index in [0.717, 1.165) is 26.5 Å². The van der Waals surface area contributed by atoms with Crippen molar-refractivity contribution >= 4 is 39.4 Å². The Labute approximate surface area is 200 Å². The molecule has 2 N–H and O–H groups in total. The first-order valence-electron chi connectivity index (χ1n) is 10.8. The zero-order valence-electron chi connectivity index (χ0n) is 19.0. The largest absolute Gasteiger partial charge is 0.344 e. The highest BCUT2D eigenvalue weighted by Crippen LogP contribution is 2.30. The van der Waals surface area contributed by atoms with Gasteiger partial charge in [0, 0.05) is 5.39 Å². The Morgan fingerprint density at radius 3 is 2.50 bits per heavy atom. The van der Waals surface area contributed by atoms with Gasteiger partial charge in [-0.05, 0) is 38.0 Å². The normalized spacial score (nSPS) is 17.9. The lowest BCUT2D eigenvalue weighted by Crippen LogP contribution is -2.47. The number of hydrogen-bond acceptors (Lipinski definition) is 5. The van der Waals surface area contributed by atoms with Crippen LogP contribution in [0.4, 0.5) is 4.79 Å². The summed E-state index contributed by atoms with van der Waals surface area (Å²) in [6.45, 7) is 6.13. The Hall–Kier alpha value is -3.98. The Morgan fingerprint density at radius 2 is 1.79 bits per heavy atom. The molecular formula is C25H23N5O3S. The summed E-state index contributed by atoms with van der Waals surface area (Å²) in [5.41, 5.74) is 4.96. The summed E-state index contributed by atoms with van der Waals surface area (Å²) in [5.74, 6) is -1.07. The summed E-state index contributed by atoms with van der Waals surface area (Å²) in [6, 6.07) is 18.2. The molecule has 172 valence electrons. The molecule has 34 heavy (non-hydrogen) atoms. The van der Waals surface area contributed by atoms with E-state index in [4.69, 9.17) is 0 Å². The molecule has 0 aliphatic carbocycles. The molecule has 3 heterocycles. The molecule has 0 radical (unpaired) electrons. The standard InChI is InChI=1S/C25H23N5O3S/c1-15-9-11-17(12-10-15)14-29-22-19(16(2)27-29)13-20(34-22)21(31)28-30-23(32)25(3,26-24(30)33)18-7-5-4-6-8-18/h4-13H,14H2,1-3H3,(H,26,33)(H,28,31)/t25-/m1/s1. The number of hydrogen-bond donors (Lipinski definition) is 2. The maximum atomic E-state index is 13.1. The summed E-state index contributed by atoms with van der Waals surface area (Å²) in [4.78, 5) is 39.9. The maximum Gasteiger partial charge on any atom is 0.344 e. The highest BCUT2D eigenvalue weighted by Gasteiger charge is 2.50. The molecule has 2 aromatic heterocycles. The number of rotatable bonds is 5. The van der Waals surface area contributed by atoms with Gasteiger partial charge in [-0.2, -0.15) is 10.1 Å². The van der Waals surface area contributed by atoms with E-state index in [-0.39, 0.29) is 0 Å². The number of carbonyl (C=O) groups is 3. The molecule has 1 fully saturated rings. The van der Waals surface area contributed by atoms with Crippen LogP contribution in [0, 0.1) is 13.8 Å². The molecule has 2 aromatic carbocycles. The number of aromatic nitrogens is 2. The number of thiophene rings is 1. The van der Waals surface area contributed by atoms with Gasteiger partial charge in [-0.1, -0.05) is 60.2 Å². The molecule has 4 amide bonds. The third-order valence-corrected chi connectivity index (χ3v) is 7.19. The quantitative estimate of drug-likeness (QED) is 0.430. The van der Waals surface area contributed by atoms with Gasteiger partial charge in [0.05, 0.1) is 17.1 Å². The summed E-state index contributed by atoms with van der Waals surface area (Å²) in [5, 5.41) is 8.93. The number of aryl methyl sites for hydroxylation is 2. The van der Waals surface area contributed by atoms with Crippen LogP contribution in [0.5, 0.6) is 0 Å². The van der Waals surface area contributed by atoms with Crippen molar-refractivity contribution < 1.29 is 14.4 Å². The van der Waals surface area contributed by atoms with Crippen molar-refractivity contribution in [3.05, 3.63) is 87.9 Å². The summed E-state index contributed by atoms with van der Waals surface area (Å²) >= 11 is 1.28. The number of benzene rings is 2. The van der Waals surface area contributed by atoms with E-state index < -0.39 is 23.4 Å². The van der Waals surface area contributed by atoms with Gasteiger partial charge in [-0.3, -0.25) is 19.7 Å². The van der Waals surface area contributed by atoms with Gasteiger partial charge in [0.15, 0.2) is 0 Å². The highest BCUT2D eigenvalue weighted by atomic mass is 32.1. The lowest BCUT2D eigenvalue weighted by atomic mass is 9.92. The Bertz CT molecular complexity index is 1420. The van der Waals surface area contributed by atoms with E-state index in [1.54, 1.807) is 37.3 Å². The predicted octanol–water partition coefficient (Wildman–Crippen LogP) is 3.87. The molecule has 1 aliphatic heterocycles. The number of urea groups is 1. The van der Waals surface area contributed by atoms with Crippen molar-refractivity contribution in [1.29, 1.82) is 0 Å². The van der Waals surface area contributed by atoms with E-state index >= 15 is 0 Å². The Morgan fingerprint density at radius 1 is 1.09 bits per heavy atom. The molecule has 1 aliphatic rings. The minimum atomic E-state index is -1.25. The van der Waals surface area contributed by atoms with Crippen LogP contribution in [0.15, 0.2) is 60.7 Å². The molecule has 0 saturated carbocycles. The monoisotopic (exact) mass is 473 g/mol. The van der Waals surface area contributed by atoms with E-state index in [9.17, 15) is 14.4 Å². The minimum absolute atomic E-state index is 0.391. The van der Waals surface area contributed by atoms with Crippen LogP contribution in [-0.4, -0.2) is 32.6 Å². The van der Waals surface area contributed by atoms with Crippen molar-refractivity contribution in [1.82, 2.24) is 25.5 Å². The van der Waals surface area contributed by atoms with Crippen LogP contribution < -0.4 is 10.7 Å². The molecule has 0 spiro atoms. The molecule has 0 bridgehead atoms. The number of fused-ring (bicyclic) bond motifs is 1. The van der Waals surface area contributed by atoms with Gasteiger partial charge < -0.3 is 5.32 Å². The smallest absolute Gasteiger partial charge is 0.318 e. The molecule has 5 rings (SSSR count). The first-order valence-corrected chi connectivity index (χ1v) is 11.6. The topological polar surface area (TPSA) is 96.3 Å². The van der Waals surface area contributed by atoms with Crippen LogP contribution in [0.25, 0.3) is 10.2 Å². The SMILES string of the molecule is Cc1ccc(Cn2nc(C)c3cc(C(=O)NN4C(=O)N[C@](C)(c5ccccc5)C4=O)sc32)cc1. The Kier molecular flexibility index (Phi) is 5.21. The number of carbonyl (C=O) groups excluding carboxylic acids is 3. The zero-order valence-corrected chi connectivity index (χ0v) is 19.8. The van der Waals surface area contributed by atoms with E-state index in [2.05, 4.69) is 40.1 Å². The van der Waals surface area contributed by atoms with Gasteiger partial charge >= 0.3 is 6.03 Å². The average molecular weight is 474 g/mol. The number of nitrogens with one attached hydrogen (secondary N) is 2. The number of hydrazine groups is 1. The first kappa shape index (κ1) is 21.8. The van der Waals surface area contributed by atoms with E-state index in [1.807, 2.05) is 24.6 Å². The number of amides is 4. The molecule has 1 saturated heterocycles. The number of imide groups is 1. The number of nitrogens with zero attached hydrogens (tertiary/aromatic N) is 3. The van der Waals surface area contributed by atoms with Crippen LogP contribution in [0.1, 0.15) is 39.0 Å². The van der Waals surface area contributed by atoms with Gasteiger partial charge in [-0.25, -0.2) is 4.79 Å². The second-order valence-corrected chi connectivity index (χ2v) is 9.59. The fourth-order valence-corrected chi connectivity index (χ4v) is 5.11. The second-order valence-electron chi connectivity index (χ2n) is 8.56. The highest BCUT2D eigenvalue weighted by molar-refractivity contribution is 7.20. The average Bonchev–Trinajstić information content (AvgIpc) is 3.45. The third kappa shape index (κ3) is 3.63. The van der Waals surface area contributed by atoms with Crippen LogP contribution in [-0.2, 0) is 16.9 Å². The predicted molar refractivity (Wildman–Crippen MR) is 129 cm³/mol. The van der Waals surface area contributed by atoms with Crippen molar-refractivity contribution in [2.24, 2.45) is 0 Å². The Balaban J connectivity index is 1.38. The van der Waals surface area contributed by atoms with E-state index in [1.165, 1.54) is 16.9 Å². The molecule has 8 nitrogen and oxygen atoms in total. The molecular weight excluding hydrogens is 450 g/mol. The minimum Gasteiger partial charge on any atom is -0.318 e. The van der Waals surface area contributed by atoms with Gasteiger partial charge in [0.2, 0.25) is 0 Å². The molecule has 9 heteroatoms. The van der Waals surface area contributed by atoms with Crippen molar-refractivity contribution in [2.45, 2.75) is 32.9 Å². The van der Waals surface area contributed by atoms with E-state index in [0.29, 0.717) is 17.0 Å². The third-order valence-electron chi connectivity index (χ3n) is 6.04. The second kappa shape index (κ2) is 8.11. The zero-order chi connectivity index (χ0) is 24.0. The fraction of sp³-hybridized carbons (Fsp3) is 0.200. The van der Waals surface area contributed by atoms with Gasteiger partial charge in [0.25, 0.3) is 11.8 Å². The maximum absolute atomic E-state index is 13.1. The summed E-state index contributed by atoms with van der Waals surface area (Å²) in [6.07, 6.45) is 0. The summed E-state index contributed by atoms with van der Waals surface area (Å²) < 4.78 is 1.87. The molecule has 1 atom stereocenters. The van der Waals surface area contributed by atoms with Crippen molar-refractivity contribution in [2.75, 3.05) is 0 Å². The van der Waals surface area contributed by atoms with Crippen molar-refractivity contribution in [3.8, 4) is 0 Å². The van der Waals surface area contributed by atoms with Crippen LogP contribution >= 0.6 is 11.3 Å². The van der Waals surface area contributed by atoms with Crippen LogP contribution in [0.2, 0.25) is 0 Å². The van der Waals surface area contributed by atoms with Gasteiger partial charge in [0.1, 0.15) is 10.4 Å². The molecule has 0 unspecified atom stereocenters. The lowest BCUT2D eigenvalue weighted by Gasteiger charge is -2.21. The fourth-order valence-electron chi connectivity index (χ4n) is 4.06. The van der Waals surface area contributed by atoms with Gasteiger partial charge in [-0.15, -0.1) is 11.3 Å². The van der Waals surface area contributed by atoms with Crippen LogP contribution in [0.3, 0.4) is 0 Å². The molecule has 4 aromatic rings. The van der Waals surface area contributed by atoms with Crippen molar-refractivity contribution in [3.63, 3.8) is 0 Å². The lowest BCUT2D eigenvalue weighted by molar-refractivity contribution is -0.132.